The summed E-state index contributed by atoms with van der Waals surface area (Å²) >= 11 is 0. The van der Waals surface area contributed by atoms with Crippen LogP contribution in [0.4, 0.5) is 4.70 Å². The van der Waals surface area contributed by atoms with Crippen LogP contribution in [0.1, 0.15) is 117 Å². The number of ether oxygens (including phenoxy) is 2. The van der Waals surface area contributed by atoms with Crippen molar-refractivity contribution in [3.8, 4) is 0 Å². The van der Waals surface area contributed by atoms with Crippen LogP contribution in [-0.4, -0.2) is 25.5 Å². The van der Waals surface area contributed by atoms with Gasteiger partial charge in [-0.1, -0.05) is 90.4 Å². The van der Waals surface area contributed by atoms with Crippen molar-refractivity contribution < 1.29 is 14.2 Å². The van der Waals surface area contributed by atoms with E-state index in [2.05, 4.69) is 6.92 Å². The zero-order valence-electron chi connectivity index (χ0n) is 18.0. The Labute approximate surface area is 163 Å². The van der Waals surface area contributed by atoms with Crippen LogP contribution in [0.15, 0.2) is 0 Å². The molecule has 0 aliphatic rings. The van der Waals surface area contributed by atoms with E-state index in [9.17, 15) is 0 Å². The molecule has 0 saturated carbocycles. The Kier molecular flexibility index (Phi) is 22.8. The maximum Gasteiger partial charge on any atom is 0.180 e. The van der Waals surface area contributed by atoms with E-state index < -0.39 is 5.79 Å². The van der Waals surface area contributed by atoms with Crippen LogP contribution in [0.3, 0.4) is 0 Å². The summed E-state index contributed by atoms with van der Waals surface area (Å²) in [6.45, 7) is 8.08. The third kappa shape index (κ3) is 16.0. The summed E-state index contributed by atoms with van der Waals surface area (Å²) < 4.78 is 11.6. The second kappa shape index (κ2) is 21.1. The molecule has 160 valence electrons. The van der Waals surface area contributed by atoms with Gasteiger partial charge in [0, 0.05) is 26.2 Å². The minimum atomic E-state index is -0.541. The SMILES string of the molecule is CCCCCCCCCCCCCCCCC(CN)(OCC)OCC.F. The van der Waals surface area contributed by atoms with Crippen LogP contribution in [0, 0.1) is 0 Å². The fraction of sp³-hybridized carbons (Fsp3) is 1.00. The van der Waals surface area contributed by atoms with E-state index in [1.807, 2.05) is 13.8 Å². The first-order chi connectivity index (χ1) is 12.2. The van der Waals surface area contributed by atoms with Crippen molar-refractivity contribution in [2.75, 3.05) is 19.8 Å². The van der Waals surface area contributed by atoms with Crippen molar-refractivity contribution in [2.24, 2.45) is 5.73 Å². The molecule has 0 aromatic carbocycles. The standard InChI is InChI=1S/C22H47NO2.FH/c1-4-7-8-9-10-11-12-13-14-15-16-17-18-19-20-22(21-23,24-5-2)25-6-3;/h4-21,23H2,1-3H3;1H. The quantitative estimate of drug-likeness (QED) is 0.189. The van der Waals surface area contributed by atoms with E-state index in [4.69, 9.17) is 15.2 Å². The molecule has 0 amide bonds. The third-order valence-electron chi connectivity index (χ3n) is 5.04. The van der Waals surface area contributed by atoms with Crippen molar-refractivity contribution in [1.82, 2.24) is 0 Å². The van der Waals surface area contributed by atoms with Crippen molar-refractivity contribution in [1.29, 1.82) is 0 Å². The van der Waals surface area contributed by atoms with Gasteiger partial charge in [0.1, 0.15) is 0 Å². The normalized spacial score (nSPS) is 11.5. The summed E-state index contributed by atoms with van der Waals surface area (Å²) in [5.74, 6) is -0.541. The summed E-state index contributed by atoms with van der Waals surface area (Å²) in [5, 5.41) is 0. The zero-order valence-corrected chi connectivity index (χ0v) is 18.0. The van der Waals surface area contributed by atoms with Crippen LogP contribution in [0.2, 0.25) is 0 Å². The molecule has 0 radical (unpaired) electrons. The molecule has 0 bridgehead atoms. The predicted octanol–water partition coefficient (Wildman–Crippen LogP) is 6.74. The van der Waals surface area contributed by atoms with Crippen LogP contribution >= 0.6 is 0 Å². The lowest BCUT2D eigenvalue weighted by Crippen LogP contribution is -2.43. The van der Waals surface area contributed by atoms with Crippen molar-refractivity contribution in [2.45, 2.75) is 123 Å². The summed E-state index contributed by atoms with van der Waals surface area (Å²) in [6.07, 6.45) is 20.3. The molecule has 3 nitrogen and oxygen atoms in total. The molecule has 26 heavy (non-hydrogen) atoms. The predicted molar refractivity (Wildman–Crippen MR) is 112 cm³/mol. The van der Waals surface area contributed by atoms with E-state index in [-0.39, 0.29) is 4.70 Å². The van der Waals surface area contributed by atoms with Gasteiger partial charge in [0.25, 0.3) is 0 Å². The molecule has 0 aliphatic heterocycles. The summed E-state index contributed by atoms with van der Waals surface area (Å²) in [7, 11) is 0. The van der Waals surface area contributed by atoms with E-state index >= 15 is 0 Å². The lowest BCUT2D eigenvalue weighted by Gasteiger charge is -2.32. The van der Waals surface area contributed by atoms with Gasteiger partial charge in [0.15, 0.2) is 5.79 Å². The highest BCUT2D eigenvalue weighted by Gasteiger charge is 2.28. The second-order valence-corrected chi connectivity index (χ2v) is 7.33. The fourth-order valence-electron chi connectivity index (χ4n) is 3.52. The number of nitrogens with two attached hydrogens (primary N) is 1. The van der Waals surface area contributed by atoms with Crippen LogP contribution < -0.4 is 5.73 Å². The molecular weight excluding hydrogens is 329 g/mol. The number of hydrogen-bond acceptors (Lipinski definition) is 3. The molecule has 4 heteroatoms. The minimum absolute atomic E-state index is 0. The van der Waals surface area contributed by atoms with Crippen LogP contribution in [-0.2, 0) is 9.47 Å². The Bertz CT molecular complexity index is 259. The molecule has 0 rings (SSSR count). The van der Waals surface area contributed by atoms with Gasteiger partial charge in [0.2, 0.25) is 0 Å². The Balaban J connectivity index is 0. The molecule has 0 atom stereocenters. The molecule has 0 unspecified atom stereocenters. The highest BCUT2D eigenvalue weighted by molar-refractivity contribution is 4.71. The summed E-state index contributed by atoms with van der Waals surface area (Å²) in [4.78, 5) is 0. The Morgan fingerprint density at radius 3 is 1.23 bits per heavy atom. The molecule has 2 N–H and O–H groups in total. The smallest absolute Gasteiger partial charge is 0.180 e. The van der Waals surface area contributed by atoms with E-state index in [1.165, 1.54) is 83.5 Å². The van der Waals surface area contributed by atoms with Crippen LogP contribution in [0.25, 0.3) is 0 Å². The minimum Gasteiger partial charge on any atom is -0.349 e. The van der Waals surface area contributed by atoms with Gasteiger partial charge < -0.3 is 15.2 Å². The first-order valence-corrected chi connectivity index (χ1v) is 11.2. The summed E-state index contributed by atoms with van der Waals surface area (Å²) in [5.41, 5.74) is 5.88. The molecule has 0 saturated heterocycles. The number of unbranched alkanes of at least 4 members (excludes halogenated alkanes) is 13. The van der Waals surface area contributed by atoms with Gasteiger partial charge in [-0.05, 0) is 20.3 Å². The van der Waals surface area contributed by atoms with E-state index in [1.54, 1.807) is 0 Å². The number of rotatable bonds is 20. The Morgan fingerprint density at radius 2 is 0.923 bits per heavy atom. The topological polar surface area (TPSA) is 44.5 Å². The molecule has 0 aliphatic carbocycles. The molecule has 0 spiro atoms. The number of halogens is 1. The lowest BCUT2D eigenvalue weighted by atomic mass is 10.0. The maximum absolute atomic E-state index is 5.88. The molecule has 0 aromatic rings. The number of hydrogen-bond donors (Lipinski definition) is 1. The lowest BCUT2D eigenvalue weighted by molar-refractivity contribution is -0.230. The maximum atomic E-state index is 5.88. The molecule has 0 aromatic heterocycles. The van der Waals surface area contributed by atoms with Crippen molar-refractivity contribution in [3.05, 3.63) is 0 Å². The fourth-order valence-corrected chi connectivity index (χ4v) is 3.52. The third-order valence-corrected chi connectivity index (χ3v) is 5.04. The molecular formula is C22H48FNO2. The van der Waals surface area contributed by atoms with Gasteiger partial charge >= 0.3 is 0 Å². The van der Waals surface area contributed by atoms with Gasteiger partial charge in [-0.2, -0.15) is 0 Å². The highest BCUT2D eigenvalue weighted by atomic mass is 19.0. The second-order valence-electron chi connectivity index (χ2n) is 7.33. The van der Waals surface area contributed by atoms with Crippen molar-refractivity contribution >= 4 is 0 Å². The summed E-state index contributed by atoms with van der Waals surface area (Å²) in [6, 6.07) is 0. The highest BCUT2D eigenvalue weighted by Crippen LogP contribution is 2.21. The average molecular weight is 378 g/mol. The van der Waals surface area contributed by atoms with Gasteiger partial charge in [-0.3, -0.25) is 4.70 Å². The van der Waals surface area contributed by atoms with Gasteiger partial charge in [0.05, 0.1) is 0 Å². The van der Waals surface area contributed by atoms with Gasteiger partial charge in [-0.25, -0.2) is 0 Å². The molecule has 0 heterocycles. The zero-order chi connectivity index (χ0) is 18.6. The first kappa shape index (κ1) is 28.0. The monoisotopic (exact) mass is 377 g/mol. The van der Waals surface area contributed by atoms with E-state index in [0.717, 1.165) is 12.8 Å². The molecule has 0 fully saturated rings. The van der Waals surface area contributed by atoms with Crippen molar-refractivity contribution in [3.63, 3.8) is 0 Å². The Morgan fingerprint density at radius 1 is 0.577 bits per heavy atom. The largest absolute Gasteiger partial charge is 0.349 e. The Hall–Kier alpha value is -0.190. The van der Waals surface area contributed by atoms with Gasteiger partial charge in [-0.15, -0.1) is 0 Å². The first-order valence-electron chi connectivity index (χ1n) is 11.2. The van der Waals surface area contributed by atoms with E-state index in [0.29, 0.717) is 19.8 Å². The van der Waals surface area contributed by atoms with Crippen LogP contribution in [0.5, 0.6) is 0 Å². The average Bonchev–Trinajstić information content (AvgIpc) is 2.62.